The molecule has 2 saturated carbocycles. The van der Waals surface area contributed by atoms with Crippen LogP contribution < -0.4 is 5.32 Å². The van der Waals surface area contributed by atoms with Gasteiger partial charge in [-0.15, -0.1) is 0 Å². The van der Waals surface area contributed by atoms with Crippen LogP contribution in [0.15, 0.2) is 0 Å². The van der Waals surface area contributed by atoms with Crippen LogP contribution in [-0.2, 0) is 4.74 Å². The maximum Gasteiger partial charge on any atom is 0.0687 e. The SMILES string of the molecule is CNC1CCCC(CC2CCC3(CCCC3)O2)C1. The van der Waals surface area contributed by atoms with Crippen molar-refractivity contribution in [3.05, 3.63) is 0 Å². The molecular weight excluding hydrogens is 222 g/mol. The Labute approximate surface area is 112 Å². The third-order valence-electron chi connectivity index (χ3n) is 5.64. The first-order valence-corrected chi connectivity index (χ1v) is 8.15. The van der Waals surface area contributed by atoms with E-state index in [1.54, 1.807) is 0 Å². The van der Waals surface area contributed by atoms with Crippen LogP contribution in [0.3, 0.4) is 0 Å². The monoisotopic (exact) mass is 251 g/mol. The molecule has 3 fully saturated rings. The number of rotatable bonds is 3. The van der Waals surface area contributed by atoms with Crippen LogP contribution in [0.5, 0.6) is 0 Å². The van der Waals surface area contributed by atoms with E-state index < -0.39 is 0 Å². The molecule has 0 aromatic carbocycles. The first-order chi connectivity index (χ1) is 8.80. The van der Waals surface area contributed by atoms with Gasteiger partial charge in [0.05, 0.1) is 11.7 Å². The summed E-state index contributed by atoms with van der Waals surface area (Å²) in [5, 5.41) is 3.47. The number of ether oxygens (including phenoxy) is 1. The van der Waals surface area contributed by atoms with Crippen LogP contribution >= 0.6 is 0 Å². The quantitative estimate of drug-likeness (QED) is 0.826. The minimum atomic E-state index is 0.335. The molecule has 3 atom stereocenters. The van der Waals surface area contributed by atoms with Gasteiger partial charge in [0.1, 0.15) is 0 Å². The molecule has 0 bridgehead atoms. The molecule has 3 aliphatic rings. The predicted octanol–water partition coefficient (Wildman–Crippen LogP) is 3.65. The molecule has 0 amide bonds. The first kappa shape index (κ1) is 12.9. The Morgan fingerprint density at radius 3 is 2.67 bits per heavy atom. The van der Waals surface area contributed by atoms with E-state index in [0.29, 0.717) is 11.7 Å². The molecular formula is C16H29NO. The minimum Gasteiger partial charge on any atom is -0.372 e. The minimum absolute atomic E-state index is 0.335. The average molecular weight is 251 g/mol. The maximum absolute atomic E-state index is 6.46. The van der Waals surface area contributed by atoms with Crippen molar-refractivity contribution in [3.63, 3.8) is 0 Å². The highest BCUT2D eigenvalue weighted by Gasteiger charge is 2.42. The number of hydrogen-bond donors (Lipinski definition) is 1. The molecule has 3 unspecified atom stereocenters. The summed E-state index contributed by atoms with van der Waals surface area (Å²) in [4.78, 5) is 0. The molecule has 104 valence electrons. The summed E-state index contributed by atoms with van der Waals surface area (Å²) < 4.78 is 6.46. The number of nitrogens with one attached hydrogen (secondary N) is 1. The van der Waals surface area contributed by atoms with Gasteiger partial charge >= 0.3 is 0 Å². The summed E-state index contributed by atoms with van der Waals surface area (Å²) in [6, 6.07) is 0.769. The van der Waals surface area contributed by atoms with Gasteiger partial charge in [0.2, 0.25) is 0 Å². The molecule has 0 aromatic rings. The van der Waals surface area contributed by atoms with Crippen LogP contribution in [-0.4, -0.2) is 24.8 Å². The second-order valence-electron chi connectivity index (χ2n) is 6.92. The van der Waals surface area contributed by atoms with Crippen molar-refractivity contribution in [1.82, 2.24) is 5.32 Å². The Hall–Kier alpha value is -0.0800. The third-order valence-corrected chi connectivity index (χ3v) is 5.64. The standard InChI is InChI=1S/C16H29NO/c1-17-14-6-4-5-13(11-14)12-15-7-10-16(18-15)8-2-3-9-16/h13-15,17H,2-12H2,1H3. The fourth-order valence-electron chi connectivity index (χ4n) is 4.59. The van der Waals surface area contributed by atoms with Crippen molar-refractivity contribution < 1.29 is 4.74 Å². The Bertz CT molecular complexity index is 272. The van der Waals surface area contributed by atoms with Gasteiger partial charge in [-0.2, -0.15) is 0 Å². The van der Waals surface area contributed by atoms with E-state index in [0.717, 1.165) is 12.0 Å². The van der Waals surface area contributed by atoms with Crippen LogP contribution in [0.4, 0.5) is 0 Å². The van der Waals surface area contributed by atoms with Gasteiger partial charge in [0.15, 0.2) is 0 Å². The normalized spacial score (nSPS) is 39.5. The van der Waals surface area contributed by atoms with Crippen molar-refractivity contribution in [2.24, 2.45) is 5.92 Å². The molecule has 0 aromatic heterocycles. The van der Waals surface area contributed by atoms with Crippen molar-refractivity contribution in [2.45, 2.75) is 88.4 Å². The van der Waals surface area contributed by atoms with Crippen molar-refractivity contribution in [1.29, 1.82) is 0 Å². The smallest absolute Gasteiger partial charge is 0.0687 e. The fraction of sp³-hybridized carbons (Fsp3) is 1.00. The van der Waals surface area contributed by atoms with Gasteiger partial charge < -0.3 is 10.1 Å². The lowest BCUT2D eigenvalue weighted by molar-refractivity contribution is -0.0462. The van der Waals surface area contributed by atoms with Gasteiger partial charge in [-0.05, 0) is 57.9 Å². The van der Waals surface area contributed by atoms with E-state index in [1.165, 1.54) is 70.6 Å². The van der Waals surface area contributed by atoms with E-state index in [4.69, 9.17) is 4.74 Å². The summed E-state index contributed by atoms with van der Waals surface area (Å²) in [6.07, 6.45) is 15.7. The zero-order chi connectivity index (χ0) is 12.4. The molecule has 1 spiro atoms. The van der Waals surface area contributed by atoms with E-state index in [1.807, 2.05) is 0 Å². The summed E-state index contributed by atoms with van der Waals surface area (Å²) in [6.45, 7) is 0. The Balaban J connectivity index is 1.48. The summed E-state index contributed by atoms with van der Waals surface area (Å²) >= 11 is 0. The second-order valence-corrected chi connectivity index (χ2v) is 6.92. The maximum atomic E-state index is 6.46. The molecule has 1 N–H and O–H groups in total. The third kappa shape index (κ3) is 2.75. The van der Waals surface area contributed by atoms with Gasteiger partial charge in [-0.25, -0.2) is 0 Å². The Morgan fingerprint density at radius 2 is 1.89 bits per heavy atom. The van der Waals surface area contributed by atoms with Gasteiger partial charge in [-0.3, -0.25) is 0 Å². The molecule has 1 heterocycles. The zero-order valence-electron chi connectivity index (χ0n) is 11.9. The molecule has 2 nitrogen and oxygen atoms in total. The van der Waals surface area contributed by atoms with Crippen LogP contribution in [0.25, 0.3) is 0 Å². The molecule has 1 saturated heterocycles. The summed E-state index contributed by atoms with van der Waals surface area (Å²) in [7, 11) is 2.12. The first-order valence-electron chi connectivity index (χ1n) is 8.15. The highest BCUT2D eigenvalue weighted by molar-refractivity contribution is 4.93. The lowest BCUT2D eigenvalue weighted by Gasteiger charge is -2.31. The molecule has 3 rings (SSSR count). The zero-order valence-corrected chi connectivity index (χ0v) is 11.9. The molecule has 2 aliphatic carbocycles. The topological polar surface area (TPSA) is 21.3 Å². The fourth-order valence-corrected chi connectivity index (χ4v) is 4.59. The molecule has 2 heteroatoms. The van der Waals surface area contributed by atoms with Crippen molar-refractivity contribution in [3.8, 4) is 0 Å². The largest absolute Gasteiger partial charge is 0.372 e. The van der Waals surface area contributed by atoms with E-state index in [-0.39, 0.29) is 0 Å². The summed E-state index contributed by atoms with van der Waals surface area (Å²) in [5.41, 5.74) is 0.335. The van der Waals surface area contributed by atoms with E-state index in [2.05, 4.69) is 12.4 Å². The highest BCUT2D eigenvalue weighted by atomic mass is 16.5. The van der Waals surface area contributed by atoms with Gasteiger partial charge in [0, 0.05) is 6.04 Å². The number of hydrogen-bond acceptors (Lipinski definition) is 2. The van der Waals surface area contributed by atoms with E-state index in [9.17, 15) is 0 Å². The van der Waals surface area contributed by atoms with Crippen LogP contribution in [0.1, 0.15) is 70.6 Å². The summed E-state index contributed by atoms with van der Waals surface area (Å²) in [5.74, 6) is 0.915. The van der Waals surface area contributed by atoms with Gasteiger partial charge in [0.25, 0.3) is 0 Å². The molecule has 0 radical (unpaired) electrons. The lowest BCUT2D eigenvalue weighted by Crippen LogP contribution is -2.33. The Morgan fingerprint density at radius 1 is 1.06 bits per heavy atom. The Kier molecular flexibility index (Phi) is 3.95. The van der Waals surface area contributed by atoms with E-state index >= 15 is 0 Å². The van der Waals surface area contributed by atoms with Crippen LogP contribution in [0, 0.1) is 5.92 Å². The van der Waals surface area contributed by atoms with Crippen LogP contribution in [0.2, 0.25) is 0 Å². The van der Waals surface area contributed by atoms with Gasteiger partial charge in [-0.1, -0.05) is 25.7 Å². The highest BCUT2D eigenvalue weighted by Crippen LogP contribution is 2.45. The van der Waals surface area contributed by atoms with Crippen molar-refractivity contribution >= 4 is 0 Å². The predicted molar refractivity (Wildman–Crippen MR) is 74.7 cm³/mol. The molecule has 1 aliphatic heterocycles. The molecule has 18 heavy (non-hydrogen) atoms. The second kappa shape index (κ2) is 5.50. The van der Waals surface area contributed by atoms with Crippen molar-refractivity contribution in [2.75, 3.05) is 7.05 Å². The lowest BCUT2D eigenvalue weighted by atomic mass is 9.82. The average Bonchev–Trinajstić information content (AvgIpc) is 3.01.